The van der Waals surface area contributed by atoms with Crippen LogP contribution in [0.4, 0.5) is 0 Å². The molecule has 0 bridgehead atoms. The fraction of sp³-hybridized carbons (Fsp3) is 0.571. The van der Waals surface area contributed by atoms with Crippen LogP contribution in [0.1, 0.15) is 20.3 Å². The topological polar surface area (TPSA) is 0 Å². The number of benzene rings is 1. The van der Waals surface area contributed by atoms with Gasteiger partial charge in [0.1, 0.15) is 0 Å². The van der Waals surface area contributed by atoms with Gasteiger partial charge in [-0.05, 0) is 23.8 Å². The smallest absolute Gasteiger partial charge is 0.0652 e. The van der Waals surface area contributed by atoms with Crippen molar-refractivity contribution in [3.63, 3.8) is 0 Å². The van der Waals surface area contributed by atoms with Gasteiger partial charge in [-0.25, -0.2) is 0 Å². The van der Waals surface area contributed by atoms with Crippen molar-refractivity contribution in [1.29, 1.82) is 0 Å². The quantitative estimate of drug-likeness (QED) is 0.679. The second-order valence-electron chi connectivity index (χ2n) is 5.75. The molecule has 3 atom stereocenters. The van der Waals surface area contributed by atoms with E-state index < -0.39 is 8.07 Å². The zero-order valence-corrected chi connectivity index (χ0v) is 11.3. The van der Waals surface area contributed by atoms with Crippen molar-refractivity contribution >= 4 is 13.3 Å². The summed E-state index contributed by atoms with van der Waals surface area (Å²) in [7, 11) is -1.23. The van der Waals surface area contributed by atoms with Crippen molar-refractivity contribution < 1.29 is 0 Å². The second-order valence-corrected chi connectivity index (χ2v) is 10.7. The van der Waals surface area contributed by atoms with E-state index in [0.29, 0.717) is 0 Å². The normalized spacial score (nSPS) is 27.5. The van der Waals surface area contributed by atoms with E-state index in [4.69, 9.17) is 0 Å². The Morgan fingerprint density at radius 1 is 1.20 bits per heavy atom. The first kappa shape index (κ1) is 10.9. The summed E-state index contributed by atoms with van der Waals surface area (Å²) in [5.41, 5.74) is 0.926. The highest BCUT2D eigenvalue weighted by Gasteiger charge is 2.45. The molecule has 15 heavy (non-hydrogen) atoms. The van der Waals surface area contributed by atoms with Gasteiger partial charge in [-0.2, -0.15) is 0 Å². The molecule has 1 aromatic carbocycles. The van der Waals surface area contributed by atoms with E-state index in [-0.39, 0.29) is 0 Å². The van der Waals surface area contributed by atoms with Crippen LogP contribution in [0.25, 0.3) is 0 Å². The molecule has 0 amide bonds. The van der Waals surface area contributed by atoms with Crippen LogP contribution in [0.5, 0.6) is 0 Å². The summed E-state index contributed by atoms with van der Waals surface area (Å²) < 4.78 is 0. The molecule has 1 aliphatic rings. The van der Waals surface area contributed by atoms with E-state index in [1.807, 2.05) is 0 Å². The van der Waals surface area contributed by atoms with Gasteiger partial charge in [0.05, 0.1) is 8.07 Å². The predicted molar refractivity (Wildman–Crippen MR) is 70.3 cm³/mol. The molecule has 0 unspecified atom stereocenters. The molecule has 0 aliphatic heterocycles. The Labute approximate surface area is 94.7 Å². The van der Waals surface area contributed by atoms with Gasteiger partial charge in [0.25, 0.3) is 0 Å². The molecule has 1 aliphatic carbocycles. The van der Waals surface area contributed by atoms with Crippen LogP contribution >= 0.6 is 0 Å². The average molecular weight is 218 g/mol. The summed E-state index contributed by atoms with van der Waals surface area (Å²) in [6.07, 6.45) is 1.46. The van der Waals surface area contributed by atoms with Crippen LogP contribution in [0.3, 0.4) is 0 Å². The van der Waals surface area contributed by atoms with Crippen molar-refractivity contribution in [2.45, 2.75) is 38.9 Å². The molecule has 0 aromatic heterocycles. The Morgan fingerprint density at radius 3 is 2.20 bits per heavy atom. The molecular weight excluding hydrogens is 196 g/mol. The number of hydrogen-bond donors (Lipinski definition) is 0. The fourth-order valence-electron chi connectivity index (χ4n) is 2.71. The Morgan fingerprint density at radius 2 is 1.73 bits per heavy atom. The third-order valence-corrected chi connectivity index (χ3v) is 9.00. The predicted octanol–water partition coefficient (Wildman–Crippen LogP) is 3.65. The molecule has 1 heteroatoms. The zero-order chi connectivity index (χ0) is 11.1. The third kappa shape index (κ3) is 2.03. The first-order valence-corrected chi connectivity index (χ1v) is 9.16. The molecule has 1 fully saturated rings. The lowest BCUT2D eigenvalue weighted by molar-refractivity contribution is 0.702. The van der Waals surface area contributed by atoms with Crippen LogP contribution in [-0.4, -0.2) is 8.07 Å². The molecule has 0 spiro atoms. The summed E-state index contributed by atoms with van der Waals surface area (Å²) in [5.74, 6) is 1.99. The van der Waals surface area contributed by atoms with E-state index in [1.54, 1.807) is 5.19 Å². The van der Waals surface area contributed by atoms with E-state index in [9.17, 15) is 0 Å². The van der Waals surface area contributed by atoms with Crippen molar-refractivity contribution in [3.8, 4) is 0 Å². The van der Waals surface area contributed by atoms with Gasteiger partial charge in [-0.3, -0.25) is 0 Å². The molecule has 0 radical (unpaired) electrons. The van der Waals surface area contributed by atoms with Gasteiger partial charge < -0.3 is 0 Å². The minimum atomic E-state index is -1.23. The van der Waals surface area contributed by atoms with Crippen molar-refractivity contribution in [2.24, 2.45) is 11.8 Å². The average Bonchev–Trinajstić information content (AvgIpc) is 2.95. The molecule has 82 valence electrons. The zero-order valence-electron chi connectivity index (χ0n) is 10.3. The lowest BCUT2D eigenvalue weighted by atomic mass is 10.3. The molecular formula is C14H22Si. The molecule has 1 saturated carbocycles. The monoisotopic (exact) mass is 218 g/mol. The van der Waals surface area contributed by atoms with Gasteiger partial charge in [0.2, 0.25) is 0 Å². The molecule has 0 heterocycles. The van der Waals surface area contributed by atoms with Gasteiger partial charge >= 0.3 is 0 Å². The molecule has 2 rings (SSSR count). The van der Waals surface area contributed by atoms with Gasteiger partial charge in [0, 0.05) is 0 Å². The van der Waals surface area contributed by atoms with E-state index in [2.05, 4.69) is 57.3 Å². The molecule has 0 nitrogen and oxygen atoms in total. The first-order valence-electron chi connectivity index (χ1n) is 6.09. The number of rotatable bonds is 3. The molecule has 0 saturated heterocycles. The van der Waals surface area contributed by atoms with Crippen LogP contribution in [0, 0.1) is 11.8 Å². The van der Waals surface area contributed by atoms with Crippen LogP contribution in [-0.2, 0) is 0 Å². The summed E-state index contributed by atoms with van der Waals surface area (Å²) >= 11 is 0. The molecule has 1 aromatic rings. The van der Waals surface area contributed by atoms with Crippen molar-refractivity contribution in [1.82, 2.24) is 0 Å². The summed E-state index contributed by atoms with van der Waals surface area (Å²) in [6, 6.07) is 11.2. The second kappa shape index (κ2) is 3.78. The van der Waals surface area contributed by atoms with Gasteiger partial charge in [-0.1, -0.05) is 62.5 Å². The van der Waals surface area contributed by atoms with E-state index >= 15 is 0 Å². The fourth-order valence-corrected chi connectivity index (χ4v) is 5.83. The van der Waals surface area contributed by atoms with Gasteiger partial charge in [-0.15, -0.1) is 0 Å². The van der Waals surface area contributed by atoms with Crippen molar-refractivity contribution in [3.05, 3.63) is 30.3 Å². The maximum Gasteiger partial charge on any atom is 0.0836 e. The highest BCUT2D eigenvalue weighted by molar-refractivity contribution is 6.91. The molecule has 0 N–H and O–H groups in total. The minimum absolute atomic E-state index is 0.926. The number of hydrogen-bond acceptors (Lipinski definition) is 0. The minimum Gasteiger partial charge on any atom is -0.0652 e. The lowest BCUT2D eigenvalue weighted by Gasteiger charge is -2.30. The third-order valence-electron chi connectivity index (χ3n) is 4.47. The SMILES string of the molecule is C[C@@H]1C[C@H]1[C@H](C)[Si](C)(C)c1ccccc1. The van der Waals surface area contributed by atoms with Crippen LogP contribution in [0.15, 0.2) is 30.3 Å². The lowest BCUT2D eigenvalue weighted by Crippen LogP contribution is -2.45. The van der Waals surface area contributed by atoms with E-state index in [0.717, 1.165) is 17.4 Å². The van der Waals surface area contributed by atoms with E-state index in [1.165, 1.54) is 6.42 Å². The maximum atomic E-state index is 2.53. The first-order chi connectivity index (χ1) is 7.03. The highest BCUT2D eigenvalue weighted by Crippen LogP contribution is 2.50. The van der Waals surface area contributed by atoms with Crippen molar-refractivity contribution in [2.75, 3.05) is 0 Å². The Kier molecular flexibility index (Phi) is 2.76. The van der Waals surface area contributed by atoms with Crippen LogP contribution in [0.2, 0.25) is 18.6 Å². The highest BCUT2D eigenvalue weighted by atomic mass is 28.3. The van der Waals surface area contributed by atoms with Crippen LogP contribution < -0.4 is 5.19 Å². The Hall–Kier alpha value is -0.563. The van der Waals surface area contributed by atoms with Gasteiger partial charge in [0.15, 0.2) is 0 Å². The largest absolute Gasteiger partial charge is 0.0836 e. The maximum absolute atomic E-state index is 2.53. The summed E-state index contributed by atoms with van der Waals surface area (Å²) in [4.78, 5) is 0. The Bertz CT molecular complexity index is 328. The Balaban J connectivity index is 2.19. The standard InChI is InChI=1S/C14H22Si/c1-11-10-14(11)12(2)15(3,4)13-8-6-5-7-9-13/h5-9,11-12,14H,10H2,1-4H3/t11-,12+,14-/m1/s1. The summed E-state index contributed by atoms with van der Waals surface area (Å²) in [5, 5.41) is 1.62. The summed E-state index contributed by atoms with van der Waals surface area (Å²) in [6.45, 7) is 9.93.